The Labute approximate surface area is 144 Å². The van der Waals surface area contributed by atoms with E-state index in [-0.39, 0.29) is 17.9 Å². The molecule has 1 saturated heterocycles. The van der Waals surface area contributed by atoms with Crippen LogP contribution < -0.4 is 5.32 Å². The molecule has 1 unspecified atom stereocenters. The van der Waals surface area contributed by atoms with E-state index in [1.807, 2.05) is 46.8 Å². The third-order valence-electron chi connectivity index (χ3n) is 4.04. The number of benzene rings is 1. The normalized spacial score (nSPS) is 25.3. The predicted octanol–water partition coefficient (Wildman–Crippen LogP) is 1.61. The van der Waals surface area contributed by atoms with E-state index >= 15 is 0 Å². The van der Waals surface area contributed by atoms with Gasteiger partial charge in [-0.2, -0.15) is 0 Å². The maximum absolute atomic E-state index is 12.5. The topological polar surface area (TPSA) is 67.9 Å². The molecule has 1 aromatic rings. The minimum atomic E-state index is -1.08. The fourth-order valence-electron chi connectivity index (χ4n) is 2.76. The second-order valence-electron chi connectivity index (χ2n) is 5.79. The van der Waals surface area contributed by atoms with E-state index in [4.69, 9.17) is 9.47 Å². The van der Waals surface area contributed by atoms with Crippen molar-refractivity contribution < 1.29 is 18.5 Å². The number of morpholine rings is 1. The summed E-state index contributed by atoms with van der Waals surface area (Å²) in [5.74, 6) is 0. The van der Waals surface area contributed by atoms with Gasteiger partial charge < -0.3 is 14.8 Å². The number of carbonyl (C=O) groups is 1. The number of rotatable bonds is 5. The average Bonchev–Trinajstić information content (AvgIpc) is 3.09. The zero-order chi connectivity index (χ0) is 16.8. The summed E-state index contributed by atoms with van der Waals surface area (Å²) in [5, 5.41) is 2.74. The first-order chi connectivity index (χ1) is 11.7. The van der Waals surface area contributed by atoms with E-state index in [2.05, 4.69) is 5.32 Å². The summed E-state index contributed by atoms with van der Waals surface area (Å²) in [6.45, 7) is 2.86. The number of carbonyl (C=O) groups excluding carboxylic acids is 1. The van der Waals surface area contributed by atoms with Crippen LogP contribution in [0.4, 0.5) is 4.79 Å². The lowest BCUT2D eigenvalue weighted by Gasteiger charge is -2.27. The Hall–Kier alpha value is -1.70. The molecule has 2 aliphatic rings. The van der Waals surface area contributed by atoms with Crippen molar-refractivity contribution in [3.8, 4) is 0 Å². The second kappa shape index (κ2) is 8.41. The van der Waals surface area contributed by atoms with Crippen molar-refractivity contribution in [3.05, 3.63) is 48.0 Å². The van der Waals surface area contributed by atoms with Crippen molar-refractivity contribution in [2.75, 3.05) is 26.3 Å². The van der Waals surface area contributed by atoms with Gasteiger partial charge >= 0.3 is 6.09 Å². The molecule has 1 fully saturated rings. The number of nitrogens with zero attached hydrogens (tertiary/aromatic N) is 1. The van der Waals surface area contributed by atoms with Crippen molar-refractivity contribution in [1.82, 2.24) is 9.62 Å². The largest absolute Gasteiger partial charge is 0.445 e. The smallest absolute Gasteiger partial charge is 0.407 e. The van der Waals surface area contributed by atoms with E-state index in [1.54, 1.807) is 0 Å². The molecule has 130 valence electrons. The fraction of sp³-hybridized carbons (Fsp3) is 0.471. The third-order valence-corrected chi connectivity index (χ3v) is 5.79. The Bertz CT molecular complexity index is 602. The van der Waals surface area contributed by atoms with Crippen molar-refractivity contribution >= 4 is 17.1 Å². The highest BCUT2D eigenvalue weighted by molar-refractivity contribution is 7.83. The molecule has 24 heavy (non-hydrogen) atoms. The highest BCUT2D eigenvalue weighted by Crippen LogP contribution is 2.19. The van der Waals surface area contributed by atoms with Crippen LogP contribution in [0.5, 0.6) is 0 Å². The highest BCUT2D eigenvalue weighted by Gasteiger charge is 2.29. The van der Waals surface area contributed by atoms with Gasteiger partial charge in [0.05, 0.1) is 24.5 Å². The monoisotopic (exact) mass is 350 g/mol. The van der Waals surface area contributed by atoms with Crippen LogP contribution in [0.2, 0.25) is 0 Å². The van der Waals surface area contributed by atoms with Crippen LogP contribution in [0.15, 0.2) is 42.5 Å². The Morgan fingerprint density at radius 3 is 2.75 bits per heavy atom. The molecule has 0 spiro atoms. The Balaban J connectivity index is 1.41. The Morgan fingerprint density at radius 1 is 1.25 bits per heavy atom. The molecule has 0 bridgehead atoms. The van der Waals surface area contributed by atoms with Gasteiger partial charge in [-0.3, -0.25) is 0 Å². The molecule has 0 aromatic heterocycles. The summed E-state index contributed by atoms with van der Waals surface area (Å²) >= 11 is 0. The minimum Gasteiger partial charge on any atom is -0.445 e. The van der Waals surface area contributed by atoms with Gasteiger partial charge in [0.25, 0.3) is 0 Å². The van der Waals surface area contributed by atoms with Gasteiger partial charge in [-0.15, -0.1) is 0 Å². The van der Waals surface area contributed by atoms with Gasteiger partial charge in [0.15, 0.2) is 0 Å². The molecule has 0 radical (unpaired) electrons. The molecule has 1 aliphatic carbocycles. The zero-order valence-corrected chi connectivity index (χ0v) is 14.2. The molecule has 1 aliphatic heterocycles. The van der Waals surface area contributed by atoms with E-state index < -0.39 is 17.1 Å². The van der Waals surface area contributed by atoms with E-state index in [1.165, 1.54) is 0 Å². The van der Waals surface area contributed by atoms with Crippen molar-refractivity contribution in [3.63, 3.8) is 0 Å². The Kier molecular flexibility index (Phi) is 6.01. The molecule has 1 aromatic carbocycles. The Morgan fingerprint density at radius 2 is 2.00 bits per heavy atom. The summed E-state index contributed by atoms with van der Waals surface area (Å²) in [4.78, 5) is 11.9. The maximum atomic E-state index is 12.5. The number of amides is 1. The first kappa shape index (κ1) is 17.1. The van der Waals surface area contributed by atoms with Crippen molar-refractivity contribution in [2.45, 2.75) is 24.3 Å². The van der Waals surface area contributed by atoms with Crippen LogP contribution in [0, 0.1) is 0 Å². The summed E-state index contributed by atoms with van der Waals surface area (Å²) in [6.07, 6.45) is 4.00. The van der Waals surface area contributed by atoms with Gasteiger partial charge in [-0.1, -0.05) is 42.5 Å². The van der Waals surface area contributed by atoms with E-state index in [9.17, 15) is 9.00 Å². The van der Waals surface area contributed by atoms with Crippen LogP contribution in [-0.4, -0.2) is 52.2 Å². The third kappa shape index (κ3) is 4.66. The van der Waals surface area contributed by atoms with Crippen LogP contribution in [-0.2, 0) is 27.1 Å². The van der Waals surface area contributed by atoms with Gasteiger partial charge in [-0.25, -0.2) is 13.3 Å². The molecule has 3 rings (SSSR count). The zero-order valence-electron chi connectivity index (χ0n) is 13.4. The van der Waals surface area contributed by atoms with Crippen LogP contribution in [0.25, 0.3) is 0 Å². The molecule has 3 atom stereocenters. The molecule has 1 heterocycles. The molecule has 1 amide bonds. The van der Waals surface area contributed by atoms with Gasteiger partial charge in [0.2, 0.25) is 0 Å². The van der Waals surface area contributed by atoms with Gasteiger partial charge in [-0.05, 0) is 12.0 Å². The first-order valence-electron chi connectivity index (χ1n) is 8.11. The summed E-state index contributed by atoms with van der Waals surface area (Å²) in [6, 6.07) is 9.41. The second-order valence-corrected chi connectivity index (χ2v) is 7.46. The quantitative estimate of drug-likeness (QED) is 0.819. The first-order valence-corrected chi connectivity index (χ1v) is 9.28. The van der Waals surface area contributed by atoms with Crippen LogP contribution in [0.3, 0.4) is 0 Å². The molecular weight excluding hydrogens is 328 g/mol. The number of hydrogen-bond acceptors (Lipinski definition) is 4. The van der Waals surface area contributed by atoms with E-state index in [0.717, 1.165) is 5.56 Å². The van der Waals surface area contributed by atoms with E-state index in [0.29, 0.717) is 32.7 Å². The van der Waals surface area contributed by atoms with Crippen molar-refractivity contribution in [1.29, 1.82) is 0 Å². The average molecular weight is 350 g/mol. The number of nitrogens with one attached hydrogen (secondary N) is 1. The minimum absolute atomic E-state index is 0.0671. The number of alkyl carbamates (subject to hydrolysis) is 1. The highest BCUT2D eigenvalue weighted by atomic mass is 32.2. The van der Waals surface area contributed by atoms with Crippen LogP contribution in [0.1, 0.15) is 12.0 Å². The fourth-order valence-corrected chi connectivity index (χ4v) is 4.25. The molecule has 7 heteroatoms. The lowest BCUT2D eigenvalue weighted by atomic mass is 10.2. The maximum Gasteiger partial charge on any atom is 0.407 e. The van der Waals surface area contributed by atoms with Crippen molar-refractivity contribution in [2.24, 2.45) is 0 Å². The predicted molar refractivity (Wildman–Crippen MR) is 91.6 cm³/mol. The number of ether oxygens (including phenoxy) is 2. The standard InChI is InChI=1S/C17H22N2O4S/c20-17(23-13-14-4-2-1-3-5-14)18-15-6-7-16(12-15)24(21)19-8-10-22-11-9-19/h1-7,15-16H,8-13H2,(H,18,20)/t15-,16+,24?/m1/s1. The summed E-state index contributed by atoms with van der Waals surface area (Å²) in [7, 11) is -1.08. The SMILES string of the molecule is O=C(N[C@@H]1C=C[C@H](S(=O)N2CCOCC2)C1)OCc1ccccc1. The van der Waals surface area contributed by atoms with Gasteiger partial charge in [0.1, 0.15) is 17.6 Å². The molecular formula is C17H22N2O4S. The van der Waals surface area contributed by atoms with Gasteiger partial charge in [0, 0.05) is 13.1 Å². The molecule has 1 N–H and O–H groups in total. The summed E-state index contributed by atoms with van der Waals surface area (Å²) < 4.78 is 25.0. The lowest BCUT2D eigenvalue weighted by Crippen LogP contribution is -2.41. The van der Waals surface area contributed by atoms with Crippen LogP contribution >= 0.6 is 0 Å². The lowest BCUT2D eigenvalue weighted by molar-refractivity contribution is 0.0750. The number of hydrogen-bond donors (Lipinski definition) is 1. The summed E-state index contributed by atoms with van der Waals surface area (Å²) in [5.41, 5.74) is 0.945. The molecule has 0 saturated carbocycles. The molecule has 6 nitrogen and oxygen atoms in total.